The van der Waals surface area contributed by atoms with Crippen molar-refractivity contribution in [3.05, 3.63) is 54.7 Å². The highest BCUT2D eigenvalue weighted by Crippen LogP contribution is 2.54. The van der Waals surface area contributed by atoms with Gasteiger partial charge in [0, 0.05) is 23.8 Å². The summed E-state index contributed by atoms with van der Waals surface area (Å²) in [5.74, 6) is -0.391. The predicted molar refractivity (Wildman–Crippen MR) is 240 cm³/mol. The zero-order valence-electron chi connectivity index (χ0n) is 37.6. The molecule has 0 radical (unpaired) electrons. The van der Waals surface area contributed by atoms with Crippen LogP contribution in [0.4, 0.5) is 4.79 Å². The van der Waals surface area contributed by atoms with Crippen molar-refractivity contribution in [3.8, 4) is 28.8 Å². The van der Waals surface area contributed by atoms with E-state index in [2.05, 4.69) is 21.9 Å². The Hall–Kier alpha value is -5.45. The first-order chi connectivity index (χ1) is 31.0. The first-order valence-corrected chi connectivity index (χ1v) is 24.7. The minimum absolute atomic E-state index is 0.0165. The van der Waals surface area contributed by atoms with Gasteiger partial charge >= 0.3 is 6.09 Å². The van der Waals surface area contributed by atoms with E-state index in [-0.39, 0.29) is 43.3 Å². The summed E-state index contributed by atoms with van der Waals surface area (Å²) in [4.78, 5) is 70.2. The topological polar surface area (TPSA) is 207 Å². The number of benzene rings is 1. The number of aromatic nitrogens is 2. The van der Waals surface area contributed by atoms with E-state index >= 15 is 4.79 Å². The molecule has 4 amide bonds. The van der Waals surface area contributed by atoms with Crippen molar-refractivity contribution in [2.75, 3.05) is 13.7 Å². The van der Waals surface area contributed by atoms with Gasteiger partial charge in [-0.25, -0.2) is 18.2 Å². The number of sulfonamides is 1. The molecular formula is C48H60N6O10S. The molecule has 4 heterocycles. The van der Waals surface area contributed by atoms with Gasteiger partial charge in [0.2, 0.25) is 27.7 Å². The molecule has 5 fully saturated rings. The van der Waals surface area contributed by atoms with Crippen LogP contribution in [-0.2, 0) is 24.4 Å². The predicted octanol–water partition coefficient (Wildman–Crippen LogP) is 6.08. The first-order valence-electron chi connectivity index (χ1n) is 23.2. The minimum atomic E-state index is -3.95. The number of carboxylic acid groups (broad SMARTS) is 1. The van der Waals surface area contributed by atoms with Crippen LogP contribution >= 0.6 is 0 Å². The lowest BCUT2D eigenvalue weighted by Gasteiger charge is -2.40. The van der Waals surface area contributed by atoms with Crippen LogP contribution in [0.25, 0.3) is 22.2 Å². The number of nitrogens with zero attached hydrogens (tertiary/aromatic N) is 4. The fourth-order valence-corrected chi connectivity index (χ4v) is 12.0. The maximum absolute atomic E-state index is 15.5. The normalized spacial score (nSPS) is 31.7. The van der Waals surface area contributed by atoms with Gasteiger partial charge in [0.1, 0.15) is 35.2 Å². The Morgan fingerprint density at radius 3 is 2.42 bits per heavy atom. The molecule has 10 atom stereocenters. The van der Waals surface area contributed by atoms with Gasteiger partial charge in [-0.2, -0.15) is 0 Å². The lowest BCUT2D eigenvalue weighted by Crippen LogP contribution is -2.61. The molecule has 9 rings (SSSR count). The van der Waals surface area contributed by atoms with E-state index in [4.69, 9.17) is 19.2 Å². The number of pyridine rings is 2. The van der Waals surface area contributed by atoms with Crippen LogP contribution in [0, 0.1) is 29.6 Å². The fraction of sp³-hybridized carbons (Fsp3) is 0.583. The van der Waals surface area contributed by atoms with Crippen LogP contribution in [-0.4, -0.2) is 112 Å². The molecule has 3 aromatic rings. The highest BCUT2D eigenvalue weighted by molar-refractivity contribution is 7.91. The van der Waals surface area contributed by atoms with E-state index in [1.54, 1.807) is 25.4 Å². The molecule has 348 valence electrons. The monoisotopic (exact) mass is 912 g/mol. The van der Waals surface area contributed by atoms with Gasteiger partial charge in [-0.15, -0.1) is 0 Å². The molecule has 16 nitrogen and oxygen atoms in total. The van der Waals surface area contributed by atoms with E-state index < -0.39 is 74.7 Å². The highest BCUT2D eigenvalue weighted by atomic mass is 32.2. The molecule has 0 bridgehead atoms. The third-order valence-corrected chi connectivity index (χ3v) is 16.2. The third-order valence-electron chi connectivity index (χ3n) is 14.4. The van der Waals surface area contributed by atoms with E-state index in [1.807, 2.05) is 57.2 Å². The number of hydrogen-bond acceptors (Lipinski definition) is 11. The summed E-state index contributed by atoms with van der Waals surface area (Å²) in [6.07, 6.45) is 8.94. The Labute approximate surface area is 379 Å². The Morgan fingerprint density at radius 2 is 1.74 bits per heavy atom. The van der Waals surface area contributed by atoms with Gasteiger partial charge in [-0.05, 0) is 137 Å². The number of hydrogen-bond donors (Lipinski definition) is 3. The molecule has 65 heavy (non-hydrogen) atoms. The van der Waals surface area contributed by atoms with Crippen LogP contribution in [0.15, 0.2) is 54.7 Å². The van der Waals surface area contributed by atoms with Crippen molar-refractivity contribution < 1.29 is 46.9 Å². The molecule has 2 unspecified atom stereocenters. The average molecular weight is 913 g/mol. The fourth-order valence-electron chi connectivity index (χ4n) is 10.7. The molecular weight excluding hydrogens is 853 g/mol. The summed E-state index contributed by atoms with van der Waals surface area (Å²) in [6, 6.07) is 8.34. The van der Waals surface area contributed by atoms with Crippen LogP contribution in [0.5, 0.6) is 17.4 Å². The second kappa shape index (κ2) is 17.4. The number of fused-ring (bicyclic) bond motifs is 4. The van der Waals surface area contributed by atoms with Crippen LogP contribution in [0.1, 0.15) is 91.9 Å². The van der Waals surface area contributed by atoms with Crippen molar-refractivity contribution in [1.82, 2.24) is 29.8 Å². The van der Waals surface area contributed by atoms with Gasteiger partial charge in [-0.3, -0.25) is 29.0 Å². The molecule has 0 spiro atoms. The number of carbonyl (C=O) groups is 4. The maximum atomic E-state index is 15.5. The molecule has 2 aromatic heterocycles. The van der Waals surface area contributed by atoms with Crippen molar-refractivity contribution in [2.24, 2.45) is 29.6 Å². The molecule has 17 heteroatoms. The van der Waals surface area contributed by atoms with Crippen LogP contribution < -0.4 is 24.2 Å². The Balaban J connectivity index is 1.09. The summed E-state index contributed by atoms with van der Waals surface area (Å²) >= 11 is 0. The van der Waals surface area contributed by atoms with E-state index in [9.17, 15) is 27.9 Å². The number of nitrogens with one attached hydrogen (secondary N) is 2. The SMILES string of the molecule is COc1ccc2c(O[C@@H]3C[C@H]4C(=O)N[C@]5(C(=O)NS(=O)(=O)C6CC6)C[C@H]5/C=C\CC[C@H](C)C[C@@H](C)[C@H](N(C(=O)O)C5CC6C[C@H]6C5)C(=O)N4C3)nc(-c3ccc(OC(C)C)cn3)cc2c1. The summed E-state index contributed by atoms with van der Waals surface area (Å²) in [5, 5.41) is 14.6. The number of carbonyl (C=O) groups excluding carboxylic acids is 3. The number of rotatable bonds is 11. The largest absolute Gasteiger partial charge is 0.497 e. The minimum Gasteiger partial charge on any atom is -0.497 e. The van der Waals surface area contributed by atoms with Crippen LogP contribution in [0.2, 0.25) is 0 Å². The zero-order valence-corrected chi connectivity index (χ0v) is 38.5. The summed E-state index contributed by atoms with van der Waals surface area (Å²) < 4.78 is 46.6. The standard InChI is InChI=1S/C48H60N6O10S/c1-26(2)63-35-11-15-39(49-24-35)40-21-31-20-34(62-5)10-14-38(31)44(50-40)64-36-22-41-43(55)51-48(46(57)52-65(60,61)37-12-13-37)23-32(48)9-7-6-8-27(3)16-28(4)42(45(56)53(41)25-36)54(47(58)59)33-18-29-17-30(29)19-33/h7,9-11,14-15,20-21,24,26-30,32-33,36-37,41-42H,6,8,12-13,16-19,22-23,25H2,1-5H3,(H,51,55)(H,52,57)(H,58,59)/b9-7-/t27-,28+,29-,30?,32+,33?,36+,41-,42-,48+/m0/s1. The summed E-state index contributed by atoms with van der Waals surface area (Å²) in [6.45, 7) is 7.80. The lowest BCUT2D eigenvalue weighted by molar-refractivity contribution is -0.145. The number of allylic oxidation sites excluding steroid dienone is 1. The van der Waals surface area contributed by atoms with E-state index in [0.29, 0.717) is 78.6 Å². The van der Waals surface area contributed by atoms with Crippen molar-refractivity contribution in [3.63, 3.8) is 0 Å². The molecule has 2 aliphatic heterocycles. The highest BCUT2D eigenvalue weighted by Gasteiger charge is 2.62. The molecule has 1 aromatic carbocycles. The smallest absolute Gasteiger partial charge is 0.408 e. The van der Waals surface area contributed by atoms with Crippen molar-refractivity contribution in [2.45, 2.75) is 133 Å². The van der Waals surface area contributed by atoms with E-state index in [0.717, 1.165) is 18.2 Å². The molecule has 4 aliphatic carbocycles. The summed E-state index contributed by atoms with van der Waals surface area (Å²) in [5.41, 5.74) is -0.516. The van der Waals surface area contributed by atoms with Crippen molar-refractivity contribution in [1.29, 1.82) is 0 Å². The maximum Gasteiger partial charge on any atom is 0.408 e. The van der Waals surface area contributed by atoms with Gasteiger partial charge in [0.05, 0.1) is 42.6 Å². The Bertz CT molecular complexity index is 2490. The molecule has 3 N–H and O–H groups in total. The van der Waals surface area contributed by atoms with Gasteiger partial charge < -0.3 is 29.5 Å². The second-order valence-corrected chi connectivity index (χ2v) is 21.7. The number of ether oxygens (including phenoxy) is 3. The second-order valence-electron chi connectivity index (χ2n) is 19.7. The molecule has 1 saturated heterocycles. The molecule has 6 aliphatic rings. The number of amides is 4. The number of methoxy groups -OCH3 is 1. The van der Waals surface area contributed by atoms with Gasteiger partial charge in [-0.1, -0.05) is 26.0 Å². The summed E-state index contributed by atoms with van der Waals surface area (Å²) in [7, 11) is -2.37. The van der Waals surface area contributed by atoms with Gasteiger partial charge in [0.25, 0.3) is 5.91 Å². The van der Waals surface area contributed by atoms with Crippen molar-refractivity contribution >= 4 is 44.6 Å². The Morgan fingerprint density at radius 1 is 0.985 bits per heavy atom. The third kappa shape index (κ3) is 9.21. The van der Waals surface area contributed by atoms with E-state index in [1.165, 1.54) is 9.80 Å². The first kappa shape index (κ1) is 44.7. The quantitative estimate of drug-likeness (QED) is 0.187. The average Bonchev–Trinajstić information content (AvgIpc) is 4.23. The lowest BCUT2D eigenvalue weighted by atomic mass is 9.86. The van der Waals surface area contributed by atoms with Gasteiger partial charge in [0.15, 0.2) is 0 Å². The molecule has 4 saturated carbocycles. The Kier molecular flexibility index (Phi) is 12.0. The zero-order chi connectivity index (χ0) is 45.9. The van der Waals surface area contributed by atoms with Crippen LogP contribution in [0.3, 0.4) is 0 Å².